The van der Waals surface area contributed by atoms with E-state index in [0.29, 0.717) is 0 Å². The van der Waals surface area contributed by atoms with E-state index >= 15 is 0 Å². The lowest BCUT2D eigenvalue weighted by Crippen LogP contribution is -2.30. The molecule has 0 atom stereocenters. The summed E-state index contributed by atoms with van der Waals surface area (Å²) in [5.41, 5.74) is 1.86. The first-order valence-corrected chi connectivity index (χ1v) is 6.51. The summed E-state index contributed by atoms with van der Waals surface area (Å²) >= 11 is 5.78. The number of halogens is 1. The van der Waals surface area contributed by atoms with Crippen LogP contribution in [0.2, 0.25) is 5.28 Å². The normalized spacial score (nSPS) is 11.2. The predicted octanol–water partition coefficient (Wildman–Crippen LogP) is 3.25. The number of ether oxygens (including phenoxy) is 1. The van der Waals surface area contributed by atoms with Crippen LogP contribution in [0.4, 0.5) is 0 Å². The first-order chi connectivity index (χ1) is 9.45. The Balaban J connectivity index is 2.33. The van der Waals surface area contributed by atoms with Crippen LogP contribution < -0.4 is 0 Å². The molecule has 0 fully saturated rings. The quantitative estimate of drug-likeness (QED) is 0.643. The van der Waals surface area contributed by atoms with Crippen LogP contribution >= 0.6 is 11.6 Å². The van der Waals surface area contributed by atoms with Gasteiger partial charge in [0.15, 0.2) is 0 Å². The molecule has 2 aromatic rings. The van der Waals surface area contributed by atoms with Crippen molar-refractivity contribution >= 4 is 17.6 Å². The first kappa shape index (κ1) is 14.5. The van der Waals surface area contributed by atoms with Gasteiger partial charge < -0.3 is 4.74 Å². The number of esters is 1. The molecular weight excluding hydrogens is 276 g/mol. The van der Waals surface area contributed by atoms with E-state index in [2.05, 4.69) is 9.97 Å². The highest BCUT2D eigenvalue weighted by molar-refractivity contribution is 6.28. The summed E-state index contributed by atoms with van der Waals surface area (Å²) in [5, 5.41) is 0.210. The van der Waals surface area contributed by atoms with Gasteiger partial charge in [-0.05, 0) is 37.1 Å². The Morgan fingerprint density at radius 1 is 1.20 bits per heavy atom. The molecule has 20 heavy (non-hydrogen) atoms. The van der Waals surface area contributed by atoms with Crippen LogP contribution in [-0.2, 0) is 14.9 Å². The third-order valence-corrected chi connectivity index (χ3v) is 3.41. The zero-order valence-electron chi connectivity index (χ0n) is 11.6. The lowest BCUT2D eigenvalue weighted by Gasteiger charge is -2.22. The Labute approximate surface area is 122 Å². The molecule has 2 rings (SSSR count). The van der Waals surface area contributed by atoms with E-state index in [0.717, 1.165) is 16.8 Å². The number of rotatable bonds is 3. The Morgan fingerprint density at radius 3 is 2.40 bits per heavy atom. The molecule has 0 N–H and O–H groups in total. The van der Waals surface area contributed by atoms with Gasteiger partial charge in [0.05, 0.1) is 18.2 Å². The van der Waals surface area contributed by atoms with Gasteiger partial charge in [-0.2, -0.15) is 0 Å². The average Bonchev–Trinajstić information content (AvgIpc) is 2.46. The monoisotopic (exact) mass is 290 g/mol. The van der Waals surface area contributed by atoms with Crippen molar-refractivity contribution < 1.29 is 9.53 Å². The van der Waals surface area contributed by atoms with Crippen molar-refractivity contribution in [2.24, 2.45) is 0 Å². The van der Waals surface area contributed by atoms with Crippen molar-refractivity contribution in [3.63, 3.8) is 0 Å². The molecule has 0 saturated carbocycles. The van der Waals surface area contributed by atoms with E-state index in [1.165, 1.54) is 7.11 Å². The highest BCUT2D eigenvalue weighted by atomic mass is 35.5. The number of benzene rings is 1. The molecule has 0 aliphatic rings. The maximum absolute atomic E-state index is 11.8. The van der Waals surface area contributed by atoms with E-state index in [9.17, 15) is 4.79 Å². The first-order valence-electron chi connectivity index (χ1n) is 6.13. The zero-order chi connectivity index (χ0) is 14.8. The maximum atomic E-state index is 11.8. The summed E-state index contributed by atoms with van der Waals surface area (Å²) in [6, 6.07) is 9.37. The standard InChI is InChI=1S/C15H15ClN2O2/c1-15(2,13(19)20-3)11-6-4-10(5-7-11)12-8-9-17-14(16)18-12/h4-9H,1-3H3. The van der Waals surface area contributed by atoms with Crippen LogP contribution in [0.1, 0.15) is 19.4 Å². The molecule has 5 heteroatoms. The molecule has 1 aromatic heterocycles. The van der Waals surface area contributed by atoms with Gasteiger partial charge in [-0.25, -0.2) is 9.97 Å². The molecule has 104 valence electrons. The van der Waals surface area contributed by atoms with Crippen LogP contribution in [0.3, 0.4) is 0 Å². The lowest BCUT2D eigenvalue weighted by atomic mass is 9.84. The van der Waals surface area contributed by atoms with Crippen LogP contribution in [0.25, 0.3) is 11.3 Å². The van der Waals surface area contributed by atoms with Crippen LogP contribution in [0.5, 0.6) is 0 Å². The number of hydrogen-bond acceptors (Lipinski definition) is 4. The smallest absolute Gasteiger partial charge is 0.315 e. The SMILES string of the molecule is COC(=O)C(C)(C)c1ccc(-c2ccnc(Cl)n2)cc1. The minimum absolute atomic E-state index is 0.210. The van der Waals surface area contributed by atoms with E-state index in [4.69, 9.17) is 16.3 Å². The van der Waals surface area contributed by atoms with Crippen LogP contribution in [-0.4, -0.2) is 23.0 Å². The molecule has 0 saturated heterocycles. The molecule has 0 aliphatic carbocycles. The second kappa shape index (κ2) is 5.59. The van der Waals surface area contributed by atoms with Gasteiger partial charge in [-0.1, -0.05) is 24.3 Å². The van der Waals surface area contributed by atoms with Crippen LogP contribution in [0, 0.1) is 0 Å². The minimum Gasteiger partial charge on any atom is -0.468 e. The van der Waals surface area contributed by atoms with Crippen molar-refractivity contribution in [2.75, 3.05) is 7.11 Å². The Kier molecular flexibility index (Phi) is 4.04. The van der Waals surface area contributed by atoms with Gasteiger partial charge in [-0.3, -0.25) is 4.79 Å². The van der Waals surface area contributed by atoms with Gasteiger partial charge >= 0.3 is 5.97 Å². The number of methoxy groups -OCH3 is 1. The van der Waals surface area contributed by atoms with Gasteiger partial charge in [-0.15, -0.1) is 0 Å². The largest absolute Gasteiger partial charge is 0.468 e. The Morgan fingerprint density at radius 2 is 1.85 bits per heavy atom. The van der Waals surface area contributed by atoms with E-state index in [1.54, 1.807) is 12.3 Å². The second-order valence-electron chi connectivity index (χ2n) is 4.90. The van der Waals surface area contributed by atoms with Crippen LogP contribution in [0.15, 0.2) is 36.5 Å². The van der Waals surface area contributed by atoms with E-state index < -0.39 is 5.41 Å². The third-order valence-electron chi connectivity index (χ3n) is 3.22. The fourth-order valence-electron chi connectivity index (χ4n) is 1.93. The highest BCUT2D eigenvalue weighted by Gasteiger charge is 2.30. The van der Waals surface area contributed by atoms with Crippen molar-refractivity contribution in [1.82, 2.24) is 9.97 Å². The van der Waals surface area contributed by atoms with Crippen molar-refractivity contribution in [1.29, 1.82) is 0 Å². The fourth-order valence-corrected chi connectivity index (χ4v) is 2.07. The summed E-state index contributed by atoms with van der Waals surface area (Å²) in [6.07, 6.45) is 1.61. The van der Waals surface area contributed by atoms with Gasteiger partial charge in [0, 0.05) is 11.8 Å². The fraction of sp³-hybridized carbons (Fsp3) is 0.267. The Bertz CT molecular complexity index is 624. The predicted molar refractivity (Wildman–Crippen MR) is 77.5 cm³/mol. The summed E-state index contributed by atoms with van der Waals surface area (Å²) in [4.78, 5) is 19.8. The topological polar surface area (TPSA) is 52.1 Å². The molecule has 0 spiro atoms. The maximum Gasteiger partial charge on any atom is 0.315 e. The number of nitrogens with zero attached hydrogens (tertiary/aromatic N) is 2. The van der Waals surface area contributed by atoms with Crippen molar-refractivity contribution in [3.05, 3.63) is 47.4 Å². The van der Waals surface area contributed by atoms with Crippen molar-refractivity contribution in [3.8, 4) is 11.3 Å². The van der Waals surface area contributed by atoms with Gasteiger partial charge in [0.2, 0.25) is 5.28 Å². The van der Waals surface area contributed by atoms with Crippen molar-refractivity contribution in [2.45, 2.75) is 19.3 Å². The number of aromatic nitrogens is 2. The molecule has 0 bridgehead atoms. The van der Waals surface area contributed by atoms with E-state index in [-0.39, 0.29) is 11.3 Å². The average molecular weight is 291 g/mol. The Hall–Kier alpha value is -1.94. The molecule has 1 aromatic carbocycles. The summed E-state index contributed by atoms with van der Waals surface area (Å²) in [6.45, 7) is 3.66. The summed E-state index contributed by atoms with van der Waals surface area (Å²) in [5.74, 6) is -0.268. The summed E-state index contributed by atoms with van der Waals surface area (Å²) in [7, 11) is 1.39. The van der Waals surface area contributed by atoms with Gasteiger partial charge in [0.25, 0.3) is 0 Å². The molecular formula is C15H15ClN2O2. The molecule has 1 heterocycles. The summed E-state index contributed by atoms with van der Waals surface area (Å²) < 4.78 is 4.82. The van der Waals surface area contributed by atoms with Gasteiger partial charge in [0.1, 0.15) is 0 Å². The minimum atomic E-state index is -0.684. The lowest BCUT2D eigenvalue weighted by molar-refractivity contribution is -0.146. The number of carbonyl (C=O) groups excluding carboxylic acids is 1. The second-order valence-corrected chi connectivity index (χ2v) is 5.24. The highest BCUT2D eigenvalue weighted by Crippen LogP contribution is 2.27. The van der Waals surface area contributed by atoms with E-state index in [1.807, 2.05) is 38.1 Å². The number of hydrogen-bond donors (Lipinski definition) is 0. The molecule has 0 aliphatic heterocycles. The third kappa shape index (κ3) is 2.80. The number of carbonyl (C=O) groups is 1. The zero-order valence-corrected chi connectivity index (χ0v) is 12.3. The molecule has 4 nitrogen and oxygen atoms in total. The molecule has 0 unspecified atom stereocenters. The molecule has 0 radical (unpaired) electrons. The molecule has 0 amide bonds.